The smallest absolute Gasteiger partial charge is 0.219 e. The minimum absolute atomic E-state index is 0.0133. The van der Waals surface area contributed by atoms with Crippen LogP contribution < -0.4 is 0 Å². The van der Waals surface area contributed by atoms with E-state index in [9.17, 15) is 9.59 Å². The Hall–Kier alpha value is -2.30. The van der Waals surface area contributed by atoms with Gasteiger partial charge in [0.15, 0.2) is 0 Å². The lowest BCUT2D eigenvalue weighted by molar-refractivity contribution is -0.108. The van der Waals surface area contributed by atoms with Crippen LogP contribution in [0.3, 0.4) is 0 Å². The minimum Gasteiger partial charge on any atom is -0.282 e. The van der Waals surface area contributed by atoms with Gasteiger partial charge in [-0.05, 0) is 90.0 Å². The van der Waals surface area contributed by atoms with Crippen molar-refractivity contribution < 1.29 is 9.59 Å². The number of carbonyl (C=O) groups is 2. The molecule has 0 saturated carbocycles. The summed E-state index contributed by atoms with van der Waals surface area (Å²) in [6.07, 6.45) is 5.38. The van der Waals surface area contributed by atoms with Crippen molar-refractivity contribution in [3.05, 3.63) is 84.0 Å². The van der Waals surface area contributed by atoms with Gasteiger partial charge in [-0.15, -0.1) is 0 Å². The summed E-state index contributed by atoms with van der Waals surface area (Å²) in [6, 6.07) is 13.7. The van der Waals surface area contributed by atoms with Crippen LogP contribution in [-0.4, -0.2) is 10.2 Å². The van der Waals surface area contributed by atoms with Crippen LogP contribution in [0.25, 0.3) is 12.2 Å². The van der Waals surface area contributed by atoms with E-state index >= 15 is 0 Å². The number of aryl methyl sites for hydroxylation is 1. The molecular formula is C22H20O2S2. The largest absolute Gasteiger partial charge is 0.282 e. The second-order valence-corrected chi connectivity index (χ2v) is 7.84. The van der Waals surface area contributed by atoms with E-state index < -0.39 is 0 Å². The molecule has 26 heavy (non-hydrogen) atoms. The molecule has 0 fully saturated rings. The Morgan fingerprint density at radius 3 is 2.19 bits per heavy atom. The summed E-state index contributed by atoms with van der Waals surface area (Å²) in [6.45, 7) is 10.9. The average Bonchev–Trinajstić information content (AvgIpc) is 2.62. The summed E-state index contributed by atoms with van der Waals surface area (Å²) >= 11 is 2.36. The van der Waals surface area contributed by atoms with Crippen molar-refractivity contribution in [3.8, 4) is 0 Å². The van der Waals surface area contributed by atoms with Crippen LogP contribution in [0.5, 0.6) is 0 Å². The van der Waals surface area contributed by atoms with Gasteiger partial charge in [0.25, 0.3) is 0 Å². The molecule has 2 rings (SSSR count). The maximum Gasteiger partial charge on any atom is 0.219 e. The van der Waals surface area contributed by atoms with Crippen LogP contribution in [0, 0.1) is 6.92 Å². The molecule has 0 heterocycles. The molecular weight excluding hydrogens is 360 g/mol. The van der Waals surface area contributed by atoms with Crippen molar-refractivity contribution >= 4 is 45.9 Å². The van der Waals surface area contributed by atoms with E-state index in [-0.39, 0.29) is 10.2 Å². The molecule has 0 N–H and O–H groups in total. The number of thioether (sulfide) groups is 2. The van der Waals surface area contributed by atoms with Gasteiger partial charge in [-0.1, -0.05) is 43.5 Å². The topological polar surface area (TPSA) is 34.1 Å². The molecule has 2 aromatic carbocycles. The fraction of sp³-hybridized carbons (Fsp3) is 0.0909. The molecule has 2 aromatic rings. The number of hydrogen-bond donors (Lipinski definition) is 0. The molecule has 132 valence electrons. The van der Waals surface area contributed by atoms with Crippen LogP contribution in [0.15, 0.2) is 77.1 Å². The lowest BCUT2D eigenvalue weighted by Crippen LogP contribution is -1.91. The molecule has 0 unspecified atom stereocenters. The molecule has 0 aromatic heterocycles. The lowest BCUT2D eigenvalue weighted by Gasteiger charge is -2.05. The van der Waals surface area contributed by atoms with Gasteiger partial charge in [-0.25, -0.2) is 0 Å². The van der Waals surface area contributed by atoms with Crippen molar-refractivity contribution in [2.45, 2.75) is 23.6 Å². The maximum atomic E-state index is 11.8. The third kappa shape index (κ3) is 5.90. The monoisotopic (exact) mass is 380 g/mol. The van der Waals surface area contributed by atoms with Crippen molar-refractivity contribution in [2.24, 2.45) is 0 Å². The zero-order valence-electron chi connectivity index (χ0n) is 14.8. The summed E-state index contributed by atoms with van der Waals surface area (Å²) in [5.41, 5.74) is 3.80. The van der Waals surface area contributed by atoms with Gasteiger partial charge in [-0.2, -0.15) is 0 Å². The second kappa shape index (κ2) is 9.41. The fourth-order valence-electron chi connectivity index (χ4n) is 2.08. The van der Waals surface area contributed by atoms with Crippen molar-refractivity contribution in [1.82, 2.24) is 0 Å². The van der Waals surface area contributed by atoms with Crippen molar-refractivity contribution in [1.29, 1.82) is 0 Å². The Balaban J connectivity index is 2.08. The molecule has 0 aliphatic carbocycles. The van der Waals surface area contributed by atoms with E-state index in [0.717, 1.165) is 38.2 Å². The van der Waals surface area contributed by atoms with Gasteiger partial charge in [-0.3, -0.25) is 9.59 Å². The van der Waals surface area contributed by atoms with E-state index in [0.29, 0.717) is 5.57 Å². The van der Waals surface area contributed by atoms with Crippen molar-refractivity contribution in [3.63, 3.8) is 0 Å². The number of rotatable bonds is 6. The standard InChI is InChI=1S/C22H20O2S2/c1-5-21(23)25-19-11-7-17(8-12-19)6-9-18-10-13-20(14-16(18)4)26-22(24)15(2)3/h5-14H,1-2H2,3-4H3. The van der Waals surface area contributed by atoms with E-state index in [2.05, 4.69) is 13.2 Å². The Labute approximate surface area is 163 Å². The van der Waals surface area contributed by atoms with Gasteiger partial charge in [0, 0.05) is 9.79 Å². The van der Waals surface area contributed by atoms with Crippen LogP contribution in [0.4, 0.5) is 0 Å². The summed E-state index contributed by atoms with van der Waals surface area (Å²) in [5.74, 6) is 0. The predicted molar refractivity (Wildman–Crippen MR) is 113 cm³/mol. The Morgan fingerprint density at radius 1 is 0.962 bits per heavy atom. The van der Waals surface area contributed by atoms with Crippen LogP contribution in [0.2, 0.25) is 0 Å². The summed E-state index contributed by atoms with van der Waals surface area (Å²) in [5, 5.41) is -0.0763. The lowest BCUT2D eigenvalue weighted by atomic mass is 10.1. The van der Waals surface area contributed by atoms with Gasteiger partial charge in [0.1, 0.15) is 0 Å². The van der Waals surface area contributed by atoms with Gasteiger partial charge >= 0.3 is 0 Å². The zero-order chi connectivity index (χ0) is 19.1. The zero-order valence-corrected chi connectivity index (χ0v) is 16.5. The fourth-order valence-corrected chi connectivity index (χ4v) is 3.43. The Morgan fingerprint density at radius 2 is 1.62 bits per heavy atom. The molecule has 0 amide bonds. The number of hydrogen-bond acceptors (Lipinski definition) is 4. The highest BCUT2D eigenvalue weighted by molar-refractivity contribution is 8.14. The quantitative estimate of drug-likeness (QED) is 0.341. The highest BCUT2D eigenvalue weighted by Crippen LogP contribution is 2.25. The maximum absolute atomic E-state index is 11.8. The number of carbonyl (C=O) groups excluding carboxylic acids is 2. The first-order valence-corrected chi connectivity index (χ1v) is 9.63. The van der Waals surface area contributed by atoms with Crippen molar-refractivity contribution in [2.75, 3.05) is 0 Å². The van der Waals surface area contributed by atoms with E-state index in [1.165, 1.54) is 17.8 Å². The summed E-state index contributed by atoms with van der Waals surface area (Å²) < 4.78 is 0. The van der Waals surface area contributed by atoms with Crippen LogP contribution >= 0.6 is 23.5 Å². The Bertz CT molecular complexity index is 878. The third-order valence-corrected chi connectivity index (χ3v) is 5.42. The summed E-state index contributed by atoms with van der Waals surface area (Å²) in [4.78, 5) is 24.9. The molecule has 0 spiro atoms. The molecule has 0 radical (unpaired) electrons. The molecule has 0 saturated heterocycles. The Kier molecular flexibility index (Phi) is 7.25. The number of benzene rings is 2. The second-order valence-electron chi connectivity index (χ2n) is 5.72. The first kappa shape index (κ1) is 20.0. The highest BCUT2D eigenvalue weighted by Gasteiger charge is 2.06. The molecule has 2 nitrogen and oxygen atoms in total. The molecule has 0 aliphatic rings. The average molecular weight is 381 g/mol. The first-order valence-electron chi connectivity index (χ1n) is 8.00. The molecule has 0 atom stereocenters. The predicted octanol–water partition coefficient (Wildman–Crippen LogP) is 6.16. The van der Waals surface area contributed by atoms with E-state index in [1.54, 1.807) is 6.92 Å². The van der Waals surface area contributed by atoms with E-state index in [1.807, 2.05) is 61.5 Å². The SMILES string of the molecule is C=CC(=O)Sc1ccc(C=Cc2ccc(SC(=O)C(=C)C)cc2C)cc1. The van der Waals surface area contributed by atoms with Gasteiger partial charge in [0.05, 0.1) is 0 Å². The van der Waals surface area contributed by atoms with Crippen LogP contribution in [-0.2, 0) is 9.59 Å². The molecule has 0 aliphatic heterocycles. The third-order valence-electron chi connectivity index (χ3n) is 3.52. The normalized spacial score (nSPS) is 10.7. The van der Waals surface area contributed by atoms with Gasteiger partial charge < -0.3 is 0 Å². The van der Waals surface area contributed by atoms with Crippen LogP contribution in [0.1, 0.15) is 23.6 Å². The highest BCUT2D eigenvalue weighted by atomic mass is 32.2. The first-order chi connectivity index (χ1) is 12.4. The minimum atomic E-state index is -0.0630. The van der Waals surface area contributed by atoms with E-state index in [4.69, 9.17) is 0 Å². The molecule has 4 heteroatoms. The molecule has 0 bridgehead atoms. The van der Waals surface area contributed by atoms with Gasteiger partial charge in [0.2, 0.25) is 10.2 Å². The summed E-state index contributed by atoms with van der Waals surface area (Å²) in [7, 11) is 0.